The van der Waals surface area contributed by atoms with E-state index in [0.717, 1.165) is 12.0 Å². The Kier molecular flexibility index (Phi) is 5.10. The quantitative estimate of drug-likeness (QED) is 0.540. The number of hydrogen-bond acceptors (Lipinski definition) is 5. The first-order chi connectivity index (χ1) is 14.0. The molecule has 4 aliphatic rings. The summed E-state index contributed by atoms with van der Waals surface area (Å²) in [5.74, 6) is -0.722. The van der Waals surface area contributed by atoms with E-state index in [4.69, 9.17) is 16.3 Å². The number of esters is 1. The number of carbonyl (C=O) groups excluding carboxylic acids is 3. The average molecular weight is 435 g/mol. The van der Waals surface area contributed by atoms with E-state index in [0.29, 0.717) is 19.3 Å². The van der Waals surface area contributed by atoms with Crippen molar-refractivity contribution < 1.29 is 24.2 Å². The van der Waals surface area contributed by atoms with Crippen LogP contribution in [0.2, 0.25) is 0 Å². The third-order valence-electron chi connectivity index (χ3n) is 8.75. The molecule has 0 aliphatic heterocycles. The molecule has 2 unspecified atom stereocenters. The van der Waals surface area contributed by atoms with Gasteiger partial charge in [0.1, 0.15) is 0 Å². The highest BCUT2D eigenvalue weighted by atomic mass is 35.5. The third kappa shape index (κ3) is 2.74. The maximum atomic E-state index is 12.9. The molecule has 6 heteroatoms. The van der Waals surface area contributed by atoms with Gasteiger partial charge < -0.3 is 9.84 Å². The van der Waals surface area contributed by atoms with Gasteiger partial charge in [-0.3, -0.25) is 14.4 Å². The highest BCUT2D eigenvalue weighted by Gasteiger charge is 2.70. The van der Waals surface area contributed by atoms with Crippen LogP contribution < -0.4 is 0 Å². The Morgan fingerprint density at radius 3 is 2.67 bits per heavy atom. The number of allylic oxidation sites excluding steroid dienone is 4. The second-order valence-corrected chi connectivity index (χ2v) is 10.6. The summed E-state index contributed by atoms with van der Waals surface area (Å²) in [6.45, 7) is 7.29. The van der Waals surface area contributed by atoms with Crippen molar-refractivity contribution in [3.63, 3.8) is 0 Å². The Morgan fingerprint density at radius 1 is 1.33 bits per heavy atom. The molecular formula is C24H31ClO5. The minimum absolute atomic E-state index is 0.0390. The van der Waals surface area contributed by atoms with E-state index in [2.05, 4.69) is 6.92 Å². The van der Waals surface area contributed by atoms with Crippen LogP contribution in [-0.2, 0) is 19.1 Å². The molecule has 8 atom stereocenters. The Morgan fingerprint density at radius 2 is 2.03 bits per heavy atom. The predicted molar refractivity (Wildman–Crippen MR) is 113 cm³/mol. The Balaban J connectivity index is 1.79. The lowest BCUT2D eigenvalue weighted by Gasteiger charge is -2.61. The second kappa shape index (κ2) is 7.03. The molecule has 0 heterocycles. The van der Waals surface area contributed by atoms with Gasteiger partial charge in [0.2, 0.25) is 0 Å². The molecule has 3 fully saturated rings. The van der Waals surface area contributed by atoms with Crippen molar-refractivity contribution in [1.82, 2.24) is 0 Å². The highest BCUT2D eigenvalue weighted by Crippen LogP contribution is 2.68. The van der Waals surface area contributed by atoms with Crippen LogP contribution in [0.1, 0.15) is 59.8 Å². The largest absolute Gasteiger partial charge is 0.450 e. The lowest BCUT2D eigenvalue weighted by molar-refractivity contribution is -0.197. The van der Waals surface area contributed by atoms with Gasteiger partial charge in [-0.25, -0.2) is 0 Å². The molecule has 0 aromatic heterocycles. The number of rotatable bonds is 3. The molecule has 0 aromatic rings. The molecule has 0 saturated heterocycles. The van der Waals surface area contributed by atoms with Crippen LogP contribution in [-0.4, -0.2) is 39.7 Å². The van der Waals surface area contributed by atoms with E-state index in [9.17, 15) is 19.5 Å². The monoisotopic (exact) mass is 434 g/mol. The number of Topliss-reactive ketones (excluding diaryl/α,β-unsaturated/α-hetero) is 1. The molecule has 4 rings (SSSR count). The average Bonchev–Trinajstić information content (AvgIpc) is 2.95. The van der Waals surface area contributed by atoms with E-state index in [1.165, 1.54) is 6.92 Å². The van der Waals surface area contributed by atoms with Crippen molar-refractivity contribution in [2.75, 3.05) is 0 Å². The number of hydrogen-bond donors (Lipinski definition) is 1. The molecule has 1 N–H and O–H groups in total. The lowest BCUT2D eigenvalue weighted by Crippen LogP contribution is -2.63. The minimum Gasteiger partial charge on any atom is -0.450 e. The molecule has 0 aromatic carbocycles. The van der Waals surface area contributed by atoms with Gasteiger partial charge >= 0.3 is 5.97 Å². The number of aliphatic hydroxyl groups excluding tert-OH is 1. The lowest BCUT2D eigenvalue weighted by atomic mass is 9.46. The first-order valence-electron chi connectivity index (χ1n) is 11.0. The van der Waals surface area contributed by atoms with Gasteiger partial charge in [0, 0.05) is 28.5 Å². The molecule has 0 radical (unpaired) electrons. The molecular weight excluding hydrogens is 404 g/mol. The van der Waals surface area contributed by atoms with Crippen molar-refractivity contribution in [1.29, 1.82) is 0 Å². The summed E-state index contributed by atoms with van der Waals surface area (Å²) < 4.78 is 5.88. The van der Waals surface area contributed by atoms with Gasteiger partial charge in [0.05, 0.1) is 6.10 Å². The van der Waals surface area contributed by atoms with Crippen LogP contribution in [0, 0.1) is 28.6 Å². The van der Waals surface area contributed by atoms with Gasteiger partial charge in [-0.2, -0.15) is 0 Å². The van der Waals surface area contributed by atoms with E-state index in [1.807, 2.05) is 13.0 Å². The summed E-state index contributed by atoms with van der Waals surface area (Å²) in [7, 11) is 0. The topological polar surface area (TPSA) is 80.7 Å². The smallest absolute Gasteiger partial charge is 0.306 e. The zero-order chi connectivity index (χ0) is 22.1. The van der Waals surface area contributed by atoms with Gasteiger partial charge in [-0.1, -0.05) is 32.4 Å². The zero-order valence-corrected chi connectivity index (χ0v) is 18.9. The number of ketones is 2. The molecule has 0 bridgehead atoms. The van der Waals surface area contributed by atoms with Crippen LogP contribution in [0.25, 0.3) is 0 Å². The molecule has 4 aliphatic carbocycles. The van der Waals surface area contributed by atoms with Crippen LogP contribution in [0.15, 0.2) is 23.8 Å². The summed E-state index contributed by atoms with van der Waals surface area (Å²) >= 11 is 6.94. The Bertz CT molecular complexity index is 862. The van der Waals surface area contributed by atoms with Crippen LogP contribution in [0.4, 0.5) is 0 Å². The number of fused-ring (bicyclic) bond motifs is 5. The SMILES string of the molecule is CCC(=O)O[C@]1(C(C)=O)CC[C@H]2[C@@H]3C(Cl)CC4=CC(=O)C=C[C@]4(C)[C@H]3C(O)C[C@@]21C. The van der Waals surface area contributed by atoms with Gasteiger partial charge in [0.25, 0.3) is 0 Å². The van der Waals surface area contributed by atoms with Crippen LogP contribution in [0.3, 0.4) is 0 Å². The predicted octanol–water partition coefficient (Wildman–Crippen LogP) is 3.76. The second-order valence-electron chi connectivity index (χ2n) is 10.1. The van der Waals surface area contributed by atoms with E-state index >= 15 is 0 Å². The molecule has 0 amide bonds. The maximum Gasteiger partial charge on any atom is 0.306 e. The van der Waals surface area contributed by atoms with Gasteiger partial charge in [-0.15, -0.1) is 11.6 Å². The van der Waals surface area contributed by atoms with Crippen LogP contribution >= 0.6 is 11.6 Å². The number of carbonyl (C=O) groups is 3. The first kappa shape index (κ1) is 21.8. The van der Waals surface area contributed by atoms with Gasteiger partial charge in [-0.05, 0) is 56.6 Å². The third-order valence-corrected chi connectivity index (χ3v) is 9.19. The Hall–Kier alpha value is -1.46. The van der Waals surface area contributed by atoms with Crippen molar-refractivity contribution in [3.8, 4) is 0 Å². The van der Waals surface area contributed by atoms with Crippen LogP contribution in [0.5, 0.6) is 0 Å². The summed E-state index contributed by atoms with van der Waals surface area (Å²) in [5, 5.41) is 11.2. The first-order valence-corrected chi connectivity index (χ1v) is 11.4. The van der Waals surface area contributed by atoms with E-state index in [-0.39, 0.29) is 47.1 Å². The molecule has 5 nitrogen and oxygen atoms in total. The number of alkyl halides is 1. The Labute approximate surface area is 182 Å². The van der Waals surface area contributed by atoms with Crippen molar-refractivity contribution in [2.45, 2.75) is 76.9 Å². The highest BCUT2D eigenvalue weighted by molar-refractivity contribution is 6.21. The van der Waals surface area contributed by atoms with Crippen molar-refractivity contribution >= 4 is 29.1 Å². The molecule has 164 valence electrons. The normalized spacial score (nSPS) is 47.1. The summed E-state index contributed by atoms with van der Waals surface area (Å²) in [4.78, 5) is 37.2. The van der Waals surface area contributed by atoms with E-state index in [1.54, 1.807) is 19.1 Å². The van der Waals surface area contributed by atoms with Gasteiger partial charge in [0.15, 0.2) is 17.2 Å². The summed E-state index contributed by atoms with van der Waals surface area (Å²) in [5.41, 5.74) is -1.36. The fraction of sp³-hybridized carbons (Fsp3) is 0.708. The maximum absolute atomic E-state index is 12.9. The molecule has 3 saturated carbocycles. The minimum atomic E-state index is -1.22. The molecule has 0 spiro atoms. The fourth-order valence-corrected chi connectivity index (χ4v) is 7.81. The fourth-order valence-electron chi connectivity index (χ4n) is 7.31. The van der Waals surface area contributed by atoms with Crippen molar-refractivity contribution in [3.05, 3.63) is 23.8 Å². The van der Waals surface area contributed by atoms with E-state index < -0.39 is 22.5 Å². The number of aliphatic hydroxyl groups is 1. The zero-order valence-electron chi connectivity index (χ0n) is 18.1. The summed E-state index contributed by atoms with van der Waals surface area (Å²) in [6.07, 6.45) is 6.80. The number of halogens is 1. The number of ether oxygens (including phenoxy) is 1. The summed E-state index contributed by atoms with van der Waals surface area (Å²) in [6, 6.07) is 0. The molecule has 30 heavy (non-hydrogen) atoms. The standard InChI is InChI=1S/C24H31ClO5/c1-5-19(29)30-24(13(2)26)9-7-16-20-17(25)11-14-10-15(27)6-8-22(14,3)21(20)18(28)12-23(16,24)4/h6,8,10,16-18,20-21,28H,5,7,9,11-12H2,1-4H3/t16-,17?,18?,20+,21-,22-,23-,24-/m0/s1. The van der Waals surface area contributed by atoms with Crippen molar-refractivity contribution in [2.24, 2.45) is 28.6 Å².